The molecule has 0 bridgehead atoms. The van der Waals surface area contributed by atoms with Crippen molar-refractivity contribution < 1.29 is 19.2 Å². The van der Waals surface area contributed by atoms with Crippen LogP contribution in [-0.4, -0.2) is 40.1 Å². The number of aromatic nitrogens is 1. The van der Waals surface area contributed by atoms with Gasteiger partial charge >= 0.3 is 0 Å². The Bertz CT molecular complexity index is 1070. The first-order valence-electron chi connectivity index (χ1n) is 11.2. The summed E-state index contributed by atoms with van der Waals surface area (Å²) in [7, 11) is 0. The number of pyridine rings is 1. The number of anilines is 1. The van der Waals surface area contributed by atoms with Gasteiger partial charge in [0.15, 0.2) is 0 Å². The molecule has 1 aromatic heterocycles. The standard InChI is InChI=1S/C25H30N4O4/c1-4-21-17(3)12-20(13-26-21)27-23(31)9-6-18-5-7-19(16(2)11-18)14-29(15-30)22-8-10-24(32)28-25(22)33/h5,7,11-13,15,22H,4,6,8-10,14H2,1-3H3,(H,27,31)(H,28,32,33). The van der Waals surface area contributed by atoms with Crippen molar-refractivity contribution >= 4 is 29.8 Å². The number of nitrogens with zero attached hydrogens (tertiary/aromatic N) is 2. The Morgan fingerprint density at radius 1 is 1.24 bits per heavy atom. The van der Waals surface area contributed by atoms with Crippen molar-refractivity contribution in [3.8, 4) is 0 Å². The van der Waals surface area contributed by atoms with Gasteiger partial charge in [-0.2, -0.15) is 0 Å². The highest BCUT2D eigenvalue weighted by Crippen LogP contribution is 2.19. The number of hydrogen-bond acceptors (Lipinski definition) is 5. The number of imide groups is 1. The van der Waals surface area contributed by atoms with E-state index in [0.29, 0.717) is 31.4 Å². The molecule has 33 heavy (non-hydrogen) atoms. The zero-order valence-corrected chi connectivity index (χ0v) is 19.3. The zero-order chi connectivity index (χ0) is 24.0. The van der Waals surface area contributed by atoms with Crippen molar-refractivity contribution in [3.63, 3.8) is 0 Å². The van der Waals surface area contributed by atoms with Crippen LogP contribution in [0.1, 0.15) is 54.1 Å². The van der Waals surface area contributed by atoms with E-state index in [1.54, 1.807) is 6.20 Å². The van der Waals surface area contributed by atoms with Gasteiger partial charge in [0.25, 0.3) is 0 Å². The number of benzene rings is 1. The minimum atomic E-state index is -0.646. The van der Waals surface area contributed by atoms with Gasteiger partial charge in [-0.1, -0.05) is 25.1 Å². The van der Waals surface area contributed by atoms with Gasteiger partial charge < -0.3 is 10.2 Å². The van der Waals surface area contributed by atoms with Crippen LogP contribution in [0.15, 0.2) is 30.5 Å². The van der Waals surface area contributed by atoms with Gasteiger partial charge in [-0.15, -0.1) is 0 Å². The lowest BCUT2D eigenvalue weighted by atomic mass is 10.00. The number of nitrogens with one attached hydrogen (secondary N) is 2. The van der Waals surface area contributed by atoms with Crippen LogP contribution in [0.5, 0.6) is 0 Å². The van der Waals surface area contributed by atoms with E-state index >= 15 is 0 Å². The summed E-state index contributed by atoms with van der Waals surface area (Å²) in [5, 5.41) is 5.19. The second kappa shape index (κ2) is 10.8. The number of hydrogen-bond donors (Lipinski definition) is 2. The molecule has 1 aliphatic rings. The van der Waals surface area contributed by atoms with Crippen LogP contribution in [0.2, 0.25) is 0 Å². The third-order valence-corrected chi connectivity index (χ3v) is 5.95. The Kier molecular flexibility index (Phi) is 7.92. The van der Waals surface area contributed by atoms with Crippen LogP contribution >= 0.6 is 0 Å². The highest BCUT2D eigenvalue weighted by Gasteiger charge is 2.31. The Balaban J connectivity index is 1.57. The molecular weight excluding hydrogens is 420 g/mol. The minimum Gasteiger partial charge on any atom is -0.329 e. The molecule has 1 saturated heterocycles. The summed E-state index contributed by atoms with van der Waals surface area (Å²) in [5.74, 6) is -0.823. The van der Waals surface area contributed by atoms with Crippen LogP contribution in [0.4, 0.5) is 5.69 Å². The van der Waals surface area contributed by atoms with E-state index in [1.807, 2.05) is 45.0 Å². The maximum absolute atomic E-state index is 12.4. The molecule has 8 heteroatoms. The molecule has 2 aromatic rings. The van der Waals surface area contributed by atoms with Crippen molar-refractivity contribution in [2.45, 2.75) is 65.5 Å². The maximum atomic E-state index is 12.4. The number of piperidine rings is 1. The van der Waals surface area contributed by atoms with Crippen molar-refractivity contribution in [1.29, 1.82) is 0 Å². The highest BCUT2D eigenvalue weighted by atomic mass is 16.2. The molecule has 4 amide bonds. The van der Waals surface area contributed by atoms with Gasteiger partial charge in [-0.25, -0.2) is 0 Å². The fourth-order valence-corrected chi connectivity index (χ4v) is 4.03. The van der Waals surface area contributed by atoms with E-state index in [1.165, 1.54) is 4.90 Å². The third-order valence-electron chi connectivity index (χ3n) is 5.95. The maximum Gasteiger partial charge on any atom is 0.249 e. The summed E-state index contributed by atoms with van der Waals surface area (Å²) < 4.78 is 0. The number of carbonyl (C=O) groups excluding carboxylic acids is 4. The van der Waals surface area contributed by atoms with Crippen LogP contribution in [0.3, 0.4) is 0 Å². The second-order valence-electron chi connectivity index (χ2n) is 8.39. The van der Waals surface area contributed by atoms with Crippen molar-refractivity contribution in [2.75, 3.05) is 5.32 Å². The van der Waals surface area contributed by atoms with Gasteiger partial charge in [-0.3, -0.25) is 29.5 Å². The molecule has 1 unspecified atom stereocenters. The molecule has 1 atom stereocenters. The van der Waals surface area contributed by atoms with E-state index in [0.717, 1.165) is 34.4 Å². The molecule has 1 fully saturated rings. The lowest BCUT2D eigenvalue weighted by molar-refractivity contribution is -0.141. The summed E-state index contributed by atoms with van der Waals surface area (Å²) in [4.78, 5) is 53.2. The Hall–Kier alpha value is -3.55. The first-order chi connectivity index (χ1) is 15.8. The van der Waals surface area contributed by atoms with Gasteiger partial charge in [0.1, 0.15) is 6.04 Å². The molecular formula is C25H30N4O4. The molecule has 174 valence electrons. The monoisotopic (exact) mass is 450 g/mol. The fraction of sp³-hybridized carbons (Fsp3) is 0.400. The normalized spacial score (nSPS) is 15.7. The molecule has 2 heterocycles. The fourth-order valence-electron chi connectivity index (χ4n) is 4.03. The predicted octanol–water partition coefficient (Wildman–Crippen LogP) is 2.60. The molecule has 0 saturated carbocycles. The van der Waals surface area contributed by atoms with Gasteiger partial charge in [-0.05, 0) is 61.4 Å². The average Bonchev–Trinajstić information content (AvgIpc) is 2.78. The third kappa shape index (κ3) is 6.25. The van der Waals surface area contributed by atoms with Gasteiger partial charge in [0.05, 0.1) is 11.9 Å². The summed E-state index contributed by atoms with van der Waals surface area (Å²) in [5.41, 5.74) is 5.68. The largest absolute Gasteiger partial charge is 0.329 e. The number of carbonyl (C=O) groups is 4. The molecule has 1 aliphatic heterocycles. The SMILES string of the molecule is CCc1ncc(NC(=O)CCc2ccc(CN(C=O)C3CCC(=O)NC3=O)c(C)c2)cc1C. The number of rotatable bonds is 9. The van der Waals surface area contributed by atoms with Crippen LogP contribution in [0, 0.1) is 13.8 Å². The summed E-state index contributed by atoms with van der Waals surface area (Å²) in [6.07, 6.45) is 4.66. The van der Waals surface area contributed by atoms with Crippen molar-refractivity contribution in [3.05, 3.63) is 58.4 Å². The summed E-state index contributed by atoms with van der Waals surface area (Å²) in [6.45, 7) is 6.25. The lowest BCUT2D eigenvalue weighted by Gasteiger charge is -2.30. The van der Waals surface area contributed by atoms with E-state index in [2.05, 4.69) is 15.6 Å². The molecule has 0 spiro atoms. The van der Waals surface area contributed by atoms with Gasteiger partial charge in [0, 0.05) is 25.1 Å². The predicted molar refractivity (Wildman–Crippen MR) is 124 cm³/mol. The Labute approximate surface area is 193 Å². The molecule has 2 N–H and O–H groups in total. The van der Waals surface area contributed by atoms with Crippen molar-refractivity contribution in [1.82, 2.24) is 15.2 Å². The first-order valence-corrected chi connectivity index (χ1v) is 11.2. The van der Waals surface area contributed by atoms with Crippen LogP contribution in [0.25, 0.3) is 0 Å². The zero-order valence-electron chi connectivity index (χ0n) is 19.3. The molecule has 0 radical (unpaired) electrons. The second-order valence-corrected chi connectivity index (χ2v) is 8.39. The summed E-state index contributed by atoms with van der Waals surface area (Å²) >= 11 is 0. The first kappa shape index (κ1) is 24.1. The molecule has 3 rings (SSSR count). The van der Waals surface area contributed by atoms with Crippen molar-refractivity contribution in [2.24, 2.45) is 0 Å². The Morgan fingerprint density at radius 2 is 2.03 bits per heavy atom. The van der Waals surface area contributed by atoms with E-state index in [-0.39, 0.29) is 24.8 Å². The molecule has 8 nitrogen and oxygen atoms in total. The average molecular weight is 451 g/mol. The van der Waals surface area contributed by atoms with Gasteiger partial charge in [0.2, 0.25) is 24.1 Å². The van der Waals surface area contributed by atoms with E-state index in [9.17, 15) is 19.2 Å². The minimum absolute atomic E-state index is 0.0767. The Morgan fingerprint density at radius 3 is 2.67 bits per heavy atom. The summed E-state index contributed by atoms with van der Waals surface area (Å²) in [6, 6.07) is 7.14. The molecule has 1 aromatic carbocycles. The quantitative estimate of drug-likeness (QED) is 0.451. The van der Waals surface area contributed by atoms with Crippen LogP contribution in [-0.2, 0) is 38.6 Å². The topological polar surface area (TPSA) is 108 Å². The lowest BCUT2D eigenvalue weighted by Crippen LogP contribution is -2.51. The van der Waals surface area contributed by atoms with E-state index < -0.39 is 11.9 Å². The number of amides is 4. The number of aryl methyl sites for hydroxylation is 4. The molecule has 0 aliphatic carbocycles. The highest BCUT2D eigenvalue weighted by molar-refractivity contribution is 6.00. The smallest absolute Gasteiger partial charge is 0.249 e. The van der Waals surface area contributed by atoms with E-state index in [4.69, 9.17) is 0 Å². The van der Waals surface area contributed by atoms with Crippen LogP contribution < -0.4 is 10.6 Å².